The van der Waals surface area contributed by atoms with E-state index in [0.717, 1.165) is 37.2 Å². The maximum absolute atomic E-state index is 12.1. The highest BCUT2D eigenvalue weighted by atomic mass is 16.2. The Hall–Kier alpha value is -2.21. The number of hydrogen-bond donors (Lipinski definition) is 2. The molecular formula is C14H17N5O. The number of aromatic nitrogens is 3. The second-order valence-electron chi connectivity index (χ2n) is 4.86. The Balaban J connectivity index is 1.64. The van der Waals surface area contributed by atoms with Crippen molar-refractivity contribution in [3.05, 3.63) is 36.7 Å². The molecule has 1 aliphatic heterocycles. The maximum atomic E-state index is 12.1. The average Bonchev–Trinajstić information content (AvgIpc) is 3.03. The number of carbonyl (C=O) groups is 1. The van der Waals surface area contributed by atoms with Crippen molar-refractivity contribution in [3.63, 3.8) is 0 Å². The fraction of sp³-hybridized carbons (Fsp3) is 0.357. The van der Waals surface area contributed by atoms with Crippen molar-refractivity contribution in [2.24, 2.45) is 0 Å². The molecule has 0 aliphatic carbocycles. The van der Waals surface area contributed by atoms with E-state index in [2.05, 4.69) is 20.8 Å². The van der Waals surface area contributed by atoms with Crippen LogP contribution in [0.1, 0.15) is 19.3 Å². The summed E-state index contributed by atoms with van der Waals surface area (Å²) in [5, 5.41) is 14.3. The van der Waals surface area contributed by atoms with Gasteiger partial charge in [0, 0.05) is 5.69 Å². The van der Waals surface area contributed by atoms with Crippen LogP contribution in [0, 0.1) is 0 Å². The summed E-state index contributed by atoms with van der Waals surface area (Å²) in [5.74, 6) is 0.0367. The van der Waals surface area contributed by atoms with Crippen LogP contribution >= 0.6 is 0 Å². The monoisotopic (exact) mass is 271 g/mol. The van der Waals surface area contributed by atoms with E-state index in [1.807, 2.05) is 24.3 Å². The Morgan fingerprint density at radius 3 is 2.60 bits per heavy atom. The SMILES string of the molecule is O=C(Nc1ccc(-n2nccn2)cc1)[C@@H]1CCCCN1. The molecule has 0 spiro atoms. The van der Waals surface area contributed by atoms with Crippen molar-refractivity contribution in [2.45, 2.75) is 25.3 Å². The summed E-state index contributed by atoms with van der Waals surface area (Å²) in [6.07, 6.45) is 6.42. The number of anilines is 1. The van der Waals surface area contributed by atoms with Gasteiger partial charge in [-0.25, -0.2) is 0 Å². The van der Waals surface area contributed by atoms with Crippen LogP contribution in [0.2, 0.25) is 0 Å². The van der Waals surface area contributed by atoms with E-state index in [0.29, 0.717) is 0 Å². The van der Waals surface area contributed by atoms with Gasteiger partial charge in [0.2, 0.25) is 5.91 Å². The van der Waals surface area contributed by atoms with Gasteiger partial charge in [0.1, 0.15) is 0 Å². The molecule has 1 aromatic heterocycles. The molecule has 2 aromatic rings. The summed E-state index contributed by atoms with van der Waals surface area (Å²) in [7, 11) is 0. The first-order valence-electron chi connectivity index (χ1n) is 6.84. The van der Waals surface area contributed by atoms with Crippen LogP contribution in [0.4, 0.5) is 5.69 Å². The summed E-state index contributed by atoms with van der Waals surface area (Å²) < 4.78 is 0. The van der Waals surface area contributed by atoms with E-state index < -0.39 is 0 Å². The predicted octanol–water partition coefficient (Wildman–Crippen LogP) is 1.35. The molecule has 1 amide bonds. The minimum atomic E-state index is -0.0730. The van der Waals surface area contributed by atoms with Crippen LogP contribution in [0.5, 0.6) is 0 Å². The van der Waals surface area contributed by atoms with E-state index in [9.17, 15) is 4.79 Å². The molecule has 0 unspecified atom stereocenters. The van der Waals surface area contributed by atoms with E-state index in [1.165, 1.54) is 4.80 Å². The summed E-state index contributed by atoms with van der Waals surface area (Å²) in [6.45, 7) is 0.919. The third-order valence-electron chi connectivity index (χ3n) is 3.41. The smallest absolute Gasteiger partial charge is 0.241 e. The minimum absolute atomic E-state index is 0.0367. The molecule has 20 heavy (non-hydrogen) atoms. The Morgan fingerprint density at radius 1 is 1.20 bits per heavy atom. The second-order valence-corrected chi connectivity index (χ2v) is 4.86. The lowest BCUT2D eigenvalue weighted by molar-refractivity contribution is -0.118. The molecule has 0 radical (unpaired) electrons. The van der Waals surface area contributed by atoms with Gasteiger partial charge in [0.05, 0.1) is 24.1 Å². The molecule has 1 saturated heterocycles. The first-order chi connectivity index (χ1) is 9.83. The Labute approximate surface area is 117 Å². The van der Waals surface area contributed by atoms with E-state index in [4.69, 9.17) is 0 Å². The van der Waals surface area contributed by atoms with Crippen LogP contribution in [0.25, 0.3) is 5.69 Å². The predicted molar refractivity (Wildman–Crippen MR) is 75.6 cm³/mol. The zero-order chi connectivity index (χ0) is 13.8. The molecule has 3 rings (SSSR count). The molecule has 104 valence electrons. The van der Waals surface area contributed by atoms with Crippen molar-refractivity contribution in [3.8, 4) is 5.69 Å². The molecule has 6 nitrogen and oxygen atoms in total. The van der Waals surface area contributed by atoms with Crippen molar-refractivity contribution in [2.75, 3.05) is 11.9 Å². The zero-order valence-corrected chi connectivity index (χ0v) is 11.1. The lowest BCUT2D eigenvalue weighted by Crippen LogP contribution is -2.43. The summed E-state index contributed by atoms with van der Waals surface area (Å²) in [6, 6.07) is 7.41. The molecule has 2 heterocycles. The Bertz CT molecular complexity index is 558. The quantitative estimate of drug-likeness (QED) is 0.884. The van der Waals surface area contributed by atoms with Crippen LogP contribution in [0.15, 0.2) is 36.7 Å². The van der Waals surface area contributed by atoms with Gasteiger partial charge < -0.3 is 10.6 Å². The number of benzene rings is 1. The van der Waals surface area contributed by atoms with Crippen molar-refractivity contribution in [1.29, 1.82) is 0 Å². The highest BCUT2D eigenvalue weighted by Gasteiger charge is 2.20. The van der Waals surface area contributed by atoms with Crippen LogP contribution in [-0.4, -0.2) is 33.5 Å². The maximum Gasteiger partial charge on any atom is 0.241 e. The normalized spacial score (nSPS) is 18.7. The van der Waals surface area contributed by atoms with Crippen LogP contribution < -0.4 is 10.6 Å². The Kier molecular flexibility index (Phi) is 3.73. The van der Waals surface area contributed by atoms with E-state index in [-0.39, 0.29) is 11.9 Å². The summed E-state index contributed by atoms with van der Waals surface area (Å²) in [5.41, 5.74) is 1.65. The first-order valence-corrected chi connectivity index (χ1v) is 6.84. The third kappa shape index (κ3) is 2.85. The molecule has 1 aliphatic rings. The van der Waals surface area contributed by atoms with Gasteiger partial charge >= 0.3 is 0 Å². The largest absolute Gasteiger partial charge is 0.325 e. The lowest BCUT2D eigenvalue weighted by Gasteiger charge is -2.22. The van der Waals surface area contributed by atoms with E-state index in [1.54, 1.807) is 12.4 Å². The molecule has 0 saturated carbocycles. The van der Waals surface area contributed by atoms with Gasteiger partial charge in [-0.05, 0) is 43.7 Å². The number of amides is 1. The Morgan fingerprint density at radius 2 is 1.95 bits per heavy atom. The van der Waals surface area contributed by atoms with Gasteiger partial charge in [-0.15, -0.1) is 0 Å². The molecule has 1 fully saturated rings. The molecular weight excluding hydrogens is 254 g/mol. The second kappa shape index (κ2) is 5.83. The van der Waals surface area contributed by atoms with Crippen LogP contribution in [-0.2, 0) is 4.79 Å². The van der Waals surface area contributed by atoms with Gasteiger partial charge in [-0.2, -0.15) is 15.0 Å². The standard InChI is InChI=1S/C14H17N5O/c20-14(13-3-1-2-8-15-13)18-11-4-6-12(7-5-11)19-16-9-10-17-19/h4-7,9-10,13,15H,1-3,8H2,(H,18,20)/t13-/m0/s1. The third-order valence-corrected chi connectivity index (χ3v) is 3.41. The fourth-order valence-electron chi connectivity index (χ4n) is 2.33. The topological polar surface area (TPSA) is 71.8 Å². The summed E-state index contributed by atoms with van der Waals surface area (Å²) >= 11 is 0. The number of hydrogen-bond acceptors (Lipinski definition) is 4. The van der Waals surface area contributed by atoms with Gasteiger partial charge in [-0.3, -0.25) is 4.79 Å². The van der Waals surface area contributed by atoms with E-state index >= 15 is 0 Å². The van der Waals surface area contributed by atoms with Gasteiger partial charge in [0.15, 0.2) is 0 Å². The summed E-state index contributed by atoms with van der Waals surface area (Å²) in [4.78, 5) is 13.6. The minimum Gasteiger partial charge on any atom is -0.325 e. The molecule has 0 bridgehead atoms. The van der Waals surface area contributed by atoms with Crippen molar-refractivity contribution >= 4 is 11.6 Å². The number of carbonyl (C=O) groups excluding carboxylic acids is 1. The first kappa shape index (κ1) is 12.8. The molecule has 6 heteroatoms. The number of rotatable bonds is 3. The van der Waals surface area contributed by atoms with Crippen molar-refractivity contribution < 1.29 is 4.79 Å². The molecule has 1 aromatic carbocycles. The van der Waals surface area contributed by atoms with Gasteiger partial charge in [0.25, 0.3) is 0 Å². The number of nitrogens with one attached hydrogen (secondary N) is 2. The molecule has 2 N–H and O–H groups in total. The average molecular weight is 271 g/mol. The fourth-order valence-corrected chi connectivity index (χ4v) is 2.33. The highest BCUT2D eigenvalue weighted by Crippen LogP contribution is 2.14. The van der Waals surface area contributed by atoms with Crippen LogP contribution in [0.3, 0.4) is 0 Å². The number of nitrogens with zero attached hydrogens (tertiary/aromatic N) is 3. The lowest BCUT2D eigenvalue weighted by atomic mass is 10.0. The number of piperidine rings is 1. The zero-order valence-electron chi connectivity index (χ0n) is 11.1. The highest BCUT2D eigenvalue weighted by molar-refractivity contribution is 5.94. The molecule has 1 atom stereocenters. The van der Waals surface area contributed by atoms with Gasteiger partial charge in [-0.1, -0.05) is 6.42 Å². The van der Waals surface area contributed by atoms with Crippen molar-refractivity contribution in [1.82, 2.24) is 20.3 Å².